The maximum Gasteiger partial charge on any atom is 0.175 e. The molecule has 3 aliphatic rings. The van der Waals surface area contributed by atoms with Crippen molar-refractivity contribution < 1.29 is 19.1 Å². The molecule has 182 valence electrons. The predicted octanol–water partition coefficient (Wildman–Crippen LogP) is 6.78. The van der Waals surface area contributed by atoms with Crippen LogP contribution in [0.3, 0.4) is 0 Å². The zero-order chi connectivity index (χ0) is 24.5. The van der Waals surface area contributed by atoms with E-state index in [4.69, 9.17) is 21.1 Å². The fraction of sp³-hybridized carbons (Fsp3) is 0.357. The molecule has 0 radical (unpaired) electrons. The molecule has 0 atom stereocenters. The molecule has 0 fully saturated rings. The van der Waals surface area contributed by atoms with Crippen molar-refractivity contribution in [3.8, 4) is 11.5 Å². The zero-order valence-corrected chi connectivity index (χ0v) is 21.9. The number of carbonyl (C=O) groups excluding carboxylic acids is 2. The SMILES string of the molecule is CCOc1cc(C2C3=C(CCCC3=O)NC3=C2C(=O)CCC3)cc(Br)c1OCc1ccccc1Cl. The molecule has 0 aromatic heterocycles. The molecule has 5 rings (SSSR count). The number of benzene rings is 2. The first-order valence-corrected chi connectivity index (χ1v) is 13.3. The Morgan fingerprint density at radius 3 is 2.26 bits per heavy atom. The minimum absolute atomic E-state index is 0.113. The van der Waals surface area contributed by atoms with Gasteiger partial charge in [-0.3, -0.25) is 9.59 Å². The Hall–Kier alpha value is -2.57. The molecule has 35 heavy (non-hydrogen) atoms. The lowest BCUT2D eigenvalue weighted by molar-refractivity contribution is -0.116. The van der Waals surface area contributed by atoms with E-state index in [9.17, 15) is 9.59 Å². The van der Waals surface area contributed by atoms with E-state index in [-0.39, 0.29) is 18.2 Å². The molecule has 1 aliphatic heterocycles. The summed E-state index contributed by atoms with van der Waals surface area (Å²) in [6, 6.07) is 11.4. The van der Waals surface area contributed by atoms with Crippen LogP contribution >= 0.6 is 27.5 Å². The monoisotopic (exact) mass is 555 g/mol. The van der Waals surface area contributed by atoms with E-state index in [0.29, 0.717) is 40.4 Å². The van der Waals surface area contributed by atoms with E-state index in [0.717, 1.165) is 59.4 Å². The number of Topliss-reactive ketones (excluding diaryl/α,β-unsaturated/α-hetero) is 2. The summed E-state index contributed by atoms with van der Waals surface area (Å²) in [4.78, 5) is 26.3. The van der Waals surface area contributed by atoms with Crippen LogP contribution in [-0.4, -0.2) is 18.2 Å². The minimum Gasteiger partial charge on any atom is -0.490 e. The van der Waals surface area contributed by atoms with E-state index in [1.807, 2.05) is 43.3 Å². The second-order valence-electron chi connectivity index (χ2n) is 9.04. The lowest BCUT2D eigenvalue weighted by atomic mass is 9.71. The summed E-state index contributed by atoms with van der Waals surface area (Å²) >= 11 is 9.99. The second kappa shape index (κ2) is 10.2. The molecule has 0 saturated heterocycles. The van der Waals surface area contributed by atoms with Crippen LogP contribution in [0.15, 0.2) is 63.4 Å². The molecular formula is C28H27BrClNO4. The highest BCUT2D eigenvalue weighted by Crippen LogP contribution is 2.48. The summed E-state index contributed by atoms with van der Waals surface area (Å²) in [5, 5.41) is 4.10. The standard InChI is InChI=1S/C28H27BrClNO4/c1-2-34-24-14-17(13-18(29)28(24)35-15-16-7-3-4-8-19(16)30)25-26-20(9-5-11-22(26)32)31-21-10-6-12-23(33)27(21)25/h3-4,7-8,13-14,25,31H,2,5-6,9-12,15H2,1H3. The summed E-state index contributed by atoms with van der Waals surface area (Å²) < 4.78 is 12.9. The summed E-state index contributed by atoms with van der Waals surface area (Å²) in [6.45, 7) is 2.65. The maximum absolute atomic E-state index is 13.1. The van der Waals surface area contributed by atoms with Crippen molar-refractivity contribution in [1.82, 2.24) is 5.32 Å². The average molecular weight is 557 g/mol. The van der Waals surface area contributed by atoms with Gasteiger partial charge in [-0.05, 0) is 72.3 Å². The van der Waals surface area contributed by atoms with Gasteiger partial charge in [-0.1, -0.05) is 29.8 Å². The highest BCUT2D eigenvalue weighted by molar-refractivity contribution is 9.10. The van der Waals surface area contributed by atoms with Crippen LogP contribution in [0.4, 0.5) is 0 Å². The van der Waals surface area contributed by atoms with Crippen LogP contribution < -0.4 is 14.8 Å². The third-order valence-corrected chi connectivity index (χ3v) is 7.74. The summed E-state index contributed by atoms with van der Waals surface area (Å²) in [5.74, 6) is 0.967. The van der Waals surface area contributed by atoms with Crippen LogP contribution in [0.2, 0.25) is 5.02 Å². The third kappa shape index (κ3) is 4.66. The summed E-state index contributed by atoms with van der Waals surface area (Å²) in [6.07, 6.45) is 4.31. The van der Waals surface area contributed by atoms with Gasteiger partial charge in [0.2, 0.25) is 0 Å². The highest BCUT2D eigenvalue weighted by atomic mass is 79.9. The number of rotatable bonds is 6. The summed E-state index contributed by atoms with van der Waals surface area (Å²) in [7, 11) is 0. The number of nitrogens with one attached hydrogen (secondary N) is 1. The van der Waals surface area contributed by atoms with Gasteiger partial charge in [-0.2, -0.15) is 0 Å². The fourth-order valence-corrected chi connectivity index (χ4v) is 6.00. The van der Waals surface area contributed by atoms with E-state index in [1.165, 1.54) is 0 Å². The van der Waals surface area contributed by atoms with Gasteiger partial charge < -0.3 is 14.8 Å². The molecule has 2 aromatic rings. The van der Waals surface area contributed by atoms with Gasteiger partial charge in [0.25, 0.3) is 0 Å². The van der Waals surface area contributed by atoms with Crippen LogP contribution in [0.1, 0.15) is 62.5 Å². The number of dihydropyridines is 1. The number of hydrogen-bond donors (Lipinski definition) is 1. The first-order chi connectivity index (χ1) is 17.0. The number of ether oxygens (including phenoxy) is 2. The first kappa shape index (κ1) is 24.1. The number of halogens is 2. The molecule has 2 aliphatic carbocycles. The molecule has 1 N–H and O–H groups in total. The Kier molecular flexibility index (Phi) is 7.03. The van der Waals surface area contributed by atoms with Gasteiger partial charge >= 0.3 is 0 Å². The van der Waals surface area contributed by atoms with Crippen LogP contribution in [0.25, 0.3) is 0 Å². The van der Waals surface area contributed by atoms with E-state index < -0.39 is 5.92 Å². The average Bonchev–Trinajstić information content (AvgIpc) is 2.84. The first-order valence-electron chi connectivity index (χ1n) is 12.1. The second-order valence-corrected chi connectivity index (χ2v) is 10.3. The molecule has 0 amide bonds. The molecular weight excluding hydrogens is 530 g/mol. The number of carbonyl (C=O) groups is 2. The lowest BCUT2D eigenvalue weighted by Gasteiger charge is -2.37. The van der Waals surface area contributed by atoms with Gasteiger partial charge in [-0.25, -0.2) is 0 Å². The molecule has 0 bridgehead atoms. The van der Waals surface area contributed by atoms with Crippen molar-refractivity contribution >= 4 is 39.1 Å². The van der Waals surface area contributed by atoms with Crippen LogP contribution in [0.5, 0.6) is 11.5 Å². The van der Waals surface area contributed by atoms with Crippen molar-refractivity contribution in [2.45, 2.75) is 58.0 Å². The van der Waals surface area contributed by atoms with Crippen LogP contribution in [0, 0.1) is 0 Å². The molecule has 0 spiro atoms. The Balaban J connectivity index is 1.58. The molecule has 2 aromatic carbocycles. The molecule has 0 saturated carbocycles. The van der Waals surface area contributed by atoms with Crippen molar-refractivity contribution in [1.29, 1.82) is 0 Å². The smallest absolute Gasteiger partial charge is 0.175 e. The Morgan fingerprint density at radius 1 is 0.971 bits per heavy atom. The minimum atomic E-state index is -0.394. The van der Waals surface area contributed by atoms with Crippen molar-refractivity contribution in [3.63, 3.8) is 0 Å². The van der Waals surface area contributed by atoms with Crippen molar-refractivity contribution in [2.75, 3.05) is 6.61 Å². The lowest BCUT2D eigenvalue weighted by Crippen LogP contribution is -2.36. The van der Waals surface area contributed by atoms with Gasteiger partial charge in [0, 0.05) is 51.9 Å². The van der Waals surface area contributed by atoms with E-state index in [1.54, 1.807) is 0 Å². The topological polar surface area (TPSA) is 64.6 Å². The Morgan fingerprint density at radius 2 is 1.63 bits per heavy atom. The van der Waals surface area contributed by atoms with Gasteiger partial charge in [0.05, 0.1) is 11.1 Å². The fourth-order valence-electron chi connectivity index (χ4n) is 5.24. The third-order valence-electron chi connectivity index (χ3n) is 6.79. The van der Waals surface area contributed by atoms with Gasteiger partial charge in [0.15, 0.2) is 23.1 Å². The molecule has 7 heteroatoms. The van der Waals surface area contributed by atoms with E-state index in [2.05, 4.69) is 21.2 Å². The zero-order valence-electron chi connectivity index (χ0n) is 19.6. The van der Waals surface area contributed by atoms with Gasteiger partial charge in [-0.15, -0.1) is 0 Å². The van der Waals surface area contributed by atoms with Gasteiger partial charge in [0.1, 0.15) is 6.61 Å². The Labute approximate surface area is 218 Å². The predicted molar refractivity (Wildman–Crippen MR) is 139 cm³/mol. The number of allylic oxidation sites excluding steroid dienone is 4. The molecule has 5 nitrogen and oxygen atoms in total. The van der Waals surface area contributed by atoms with Crippen LogP contribution in [-0.2, 0) is 16.2 Å². The summed E-state index contributed by atoms with van der Waals surface area (Å²) in [5.41, 5.74) is 5.11. The quantitative estimate of drug-likeness (QED) is 0.425. The highest BCUT2D eigenvalue weighted by Gasteiger charge is 2.40. The maximum atomic E-state index is 13.1. The van der Waals surface area contributed by atoms with Crippen molar-refractivity contribution in [3.05, 3.63) is 79.6 Å². The van der Waals surface area contributed by atoms with Crippen molar-refractivity contribution in [2.24, 2.45) is 0 Å². The number of ketones is 2. The number of hydrogen-bond acceptors (Lipinski definition) is 5. The molecule has 1 heterocycles. The largest absolute Gasteiger partial charge is 0.490 e. The van der Waals surface area contributed by atoms with E-state index >= 15 is 0 Å². The molecule has 0 unspecified atom stereocenters. The normalized spacial score (nSPS) is 18.3. The Bertz CT molecular complexity index is 1220.